The van der Waals surface area contributed by atoms with E-state index in [0.717, 1.165) is 6.54 Å². The number of aromatic nitrogens is 2. The molecular formula is C11H19N5O2. The van der Waals surface area contributed by atoms with Gasteiger partial charge in [-0.1, -0.05) is 0 Å². The van der Waals surface area contributed by atoms with Gasteiger partial charge in [-0.2, -0.15) is 0 Å². The van der Waals surface area contributed by atoms with Crippen molar-refractivity contribution in [1.29, 1.82) is 0 Å². The number of likely N-dealkylation sites (N-methyl/N-ethyl adjacent to an activating group) is 1. The molecular weight excluding hydrogens is 234 g/mol. The van der Waals surface area contributed by atoms with Crippen LogP contribution >= 0.6 is 0 Å². The van der Waals surface area contributed by atoms with Crippen LogP contribution < -0.4 is 15.4 Å². The van der Waals surface area contributed by atoms with Crippen molar-refractivity contribution in [2.75, 3.05) is 44.9 Å². The van der Waals surface area contributed by atoms with Crippen molar-refractivity contribution in [1.82, 2.24) is 14.9 Å². The van der Waals surface area contributed by atoms with Gasteiger partial charge in [0.15, 0.2) is 11.6 Å². The smallest absolute Gasteiger partial charge is 0.241 e. The van der Waals surface area contributed by atoms with Gasteiger partial charge in [-0.25, -0.2) is 9.97 Å². The summed E-state index contributed by atoms with van der Waals surface area (Å²) in [4.78, 5) is 21.1. The van der Waals surface area contributed by atoms with Gasteiger partial charge >= 0.3 is 0 Å². The molecule has 0 spiro atoms. The number of rotatable bonds is 6. The highest BCUT2D eigenvalue weighted by atomic mass is 16.5. The summed E-state index contributed by atoms with van der Waals surface area (Å²) in [7, 11) is 4.94. The molecule has 0 saturated heterocycles. The Bertz CT molecular complexity index is 408. The Morgan fingerprint density at radius 1 is 1.33 bits per heavy atom. The van der Waals surface area contributed by atoms with E-state index in [-0.39, 0.29) is 12.5 Å². The third-order valence-electron chi connectivity index (χ3n) is 2.26. The number of carbonyl (C=O) groups excluding carboxylic acids is 1. The van der Waals surface area contributed by atoms with Crippen molar-refractivity contribution in [3.63, 3.8) is 0 Å². The van der Waals surface area contributed by atoms with E-state index in [0.29, 0.717) is 17.4 Å². The Labute approximate surface area is 107 Å². The Morgan fingerprint density at radius 3 is 2.44 bits per heavy atom. The predicted molar refractivity (Wildman–Crippen MR) is 69.9 cm³/mol. The molecule has 0 unspecified atom stereocenters. The third kappa shape index (κ3) is 3.47. The van der Waals surface area contributed by atoms with E-state index in [4.69, 9.17) is 4.74 Å². The van der Waals surface area contributed by atoms with E-state index in [1.165, 1.54) is 11.2 Å². The summed E-state index contributed by atoms with van der Waals surface area (Å²) in [6, 6.07) is 0. The second kappa shape index (κ2) is 6.63. The SMILES string of the molecule is CCNc1ncnc(NCC(=O)N(C)C)c1OC. The van der Waals surface area contributed by atoms with Gasteiger partial charge in [-0.3, -0.25) is 4.79 Å². The molecule has 18 heavy (non-hydrogen) atoms. The number of anilines is 2. The van der Waals surface area contributed by atoms with Crippen LogP contribution in [0.2, 0.25) is 0 Å². The molecule has 0 fully saturated rings. The molecule has 100 valence electrons. The van der Waals surface area contributed by atoms with Gasteiger partial charge in [0.1, 0.15) is 6.33 Å². The first-order valence-electron chi connectivity index (χ1n) is 5.67. The monoisotopic (exact) mass is 253 g/mol. The molecule has 0 aromatic carbocycles. The number of hydrogen-bond donors (Lipinski definition) is 2. The van der Waals surface area contributed by atoms with Crippen LogP contribution in [0.15, 0.2) is 6.33 Å². The van der Waals surface area contributed by atoms with E-state index >= 15 is 0 Å². The first-order chi connectivity index (χ1) is 8.60. The van der Waals surface area contributed by atoms with Crippen molar-refractivity contribution >= 4 is 17.5 Å². The lowest BCUT2D eigenvalue weighted by atomic mass is 10.4. The molecule has 1 amide bonds. The summed E-state index contributed by atoms with van der Waals surface area (Å²) in [5.74, 6) is 1.57. The molecule has 1 aromatic rings. The molecule has 0 aliphatic rings. The number of methoxy groups -OCH3 is 1. The zero-order valence-corrected chi connectivity index (χ0v) is 11.1. The zero-order chi connectivity index (χ0) is 13.5. The van der Waals surface area contributed by atoms with E-state index in [2.05, 4.69) is 20.6 Å². The predicted octanol–water partition coefficient (Wildman–Crippen LogP) is 0.417. The summed E-state index contributed by atoms with van der Waals surface area (Å²) in [6.07, 6.45) is 1.42. The summed E-state index contributed by atoms with van der Waals surface area (Å²) < 4.78 is 5.25. The van der Waals surface area contributed by atoms with Crippen LogP contribution in [0.4, 0.5) is 11.6 Å². The average Bonchev–Trinajstić information content (AvgIpc) is 2.36. The van der Waals surface area contributed by atoms with Crippen LogP contribution in [0, 0.1) is 0 Å². The molecule has 0 aliphatic carbocycles. The highest BCUT2D eigenvalue weighted by Crippen LogP contribution is 2.28. The molecule has 7 heteroatoms. The van der Waals surface area contributed by atoms with Crippen LogP contribution in [0.3, 0.4) is 0 Å². The van der Waals surface area contributed by atoms with Gasteiger partial charge < -0.3 is 20.3 Å². The maximum Gasteiger partial charge on any atom is 0.241 e. The Morgan fingerprint density at radius 2 is 1.94 bits per heavy atom. The average molecular weight is 253 g/mol. The largest absolute Gasteiger partial charge is 0.490 e. The first kappa shape index (κ1) is 14.0. The van der Waals surface area contributed by atoms with E-state index in [1.54, 1.807) is 21.2 Å². The van der Waals surface area contributed by atoms with E-state index in [1.807, 2.05) is 6.92 Å². The topological polar surface area (TPSA) is 79.4 Å². The lowest BCUT2D eigenvalue weighted by molar-refractivity contribution is -0.126. The summed E-state index contributed by atoms with van der Waals surface area (Å²) in [6.45, 7) is 2.85. The molecule has 0 bridgehead atoms. The van der Waals surface area contributed by atoms with Crippen LogP contribution in [0.1, 0.15) is 6.92 Å². The Hall–Kier alpha value is -2.05. The molecule has 0 radical (unpaired) electrons. The molecule has 0 saturated carbocycles. The third-order valence-corrected chi connectivity index (χ3v) is 2.26. The van der Waals surface area contributed by atoms with Crippen molar-refractivity contribution in [3.8, 4) is 5.75 Å². The van der Waals surface area contributed by atoms with Crippen LogP contribution in [0.5, 0.6) is 5.75 Å². The van der Waals surface area contributed by atoms with Gasteiger partial charge in [0.2, 0.25) is 11.7 Å². The second-order valence-corrected chi connectivity index (χ2v) is 3.78. The van der Waals surface area contributed by atoms with Crippen molar-refractivity contribution in [3.05, 3.63) is 6.33 Å². The number of amides is 1. The fourth-order valence-corrected chi connectivity index (χ4v) is 1.30. The molecule has 1 rings (SSSR count). The lowest BCUT2D eigenvalue weighted by Crippen LogP contribution is -2.29. The normalized spacial score (nSPS) is 9.78. The molecule has 0 atom stereocenters. The van der Waals surface area contributed by atoms with Gasteiger partial charge in [0.05, 0.1) is 13.7 Å². The van der Waals surface area contributed by atoms with E-state index in [9.17, 15) is 4.79 Å². The van der Waals surface area contributed by atoms with E-state index < -0.39 is 0 Å². The molecule has 1 heterocycles. The van der Waals surface area contributed by atoms with Crippen molar-refractivity contribution < 1.29 is 9.53 Å². The fraction of sp³-hybridized carbons (Fsp3) is 0.545. The lowest BCUT2D eigenvalue weighted by Gasteiger charge is -2.15. The number of carbonyl (C=O) groups is 1. The standard InChI is InChI=1S/C11H19N5O2/c1-5-12-10-9(18-4)11(15-7-14-10)13-6-8(17)16(2)3/h7H,5-6H2,1-4H3,(H2,12,13,14,15). The molecule has 0 aliphatic heterocycles. The maximum atomic E-state index is 11.5. The van der Waals surface area contributed by atoms with Gasteiger partial charge in [0, 0.05) is 20.6 Å². The fourth-order valence-electron chi connectivity index (χ4n) is 1.30. The minimum absolute atomic E-state index is 0.0410. The number of ether oxygens (including phenoxy) is 1. The van der Waals surface area contributed by atoms with Gasteiger partial charge in [-0.05, 0) is 6.92 Å². The second-order valence-electron chi connectivity index (χ2n) is 3.78. The van der Waals surface area contributed by atoms with Gasteiger partial charge in [-0.15, -0.1) is 0 Å². The quantitative estimate of drug-likeness (QED) is 0.764. The molecule has 7 nitrogen and oxygen atoms in total. The van der Waals surface area contributed by atoms with Crippen LogP contribution in [-0.4, -0.2) is 55.1 Å². The minimum atomic E-state index is -0.0410. The maximum absolute atomic E-state index is 11.5. The Balaban J connectivity index is 2.81. The Kier molecular flexibility index (Phi) is 5.16. The molecule has 2 N–H and O–H groups in total. The number of nitrogens with zero attached hydrogens (tertiary/aromatic N) is 3. The van der Waals surface area contributed by atoms with Gasteiger partial charge in [0.25, 0.3) is 0 Å². The summed E-state index contributed by atoms with van der Waals surface area (Å²) in [5, 5.41) is 6.00. The molecule has 1 aromatic heterocycles. The van der Waals surface area contributed by atoms with Crippen molar-refractivity contribution in [2.45, 2.75) is 6.92 Å². The first-order valence-corrected chi connectivity index (χ1v) is 5.67. The minimum Gasteiger partial charge on any atom is -0.490 e. The number of nitrogens with one attached hydrogen (secondary N) is 2. The van der Waals surface area contributed by atoms with Crippen LogP contribution in [0.25, 0.3) is 0 Å². The zero-order valence-electron chi connectivity index (χ0n) is 11.1. The summed E-state index contributed by atoms with van der Waals surface area (Å²) >= 11 is 0. The summed E-state index contributed by atoms with van der Waals surface area (Å²) in [5.41, 5.74) is 0. The highest BCUT2D eigenvalue weighted by Gasteiger charge is 2.12. The highest BCUT2D eigenvalue weighted by molar-refractivity contribution is 5.81. The van der Waals surface area contributed by atoms with Crippen molar-refractivity contribution in [2.24, 2.45) is 0 Å². The van der Waals surface area contributed by atoms with Crippen LogP contribution in [-0.2, 0) is 4.79 Å². The number of hydrogen-bond acceptors (Lipinski definition) is 6.